The van der Waals surface area contributed by atoms with Gasteiger partial charge in [-0.3, -0.25) is 19.7 Å². The molecule has 0 N–H and O–H groups in total. The molecule has 1 rings (SSSR count). The van der Waals surface area contributed by atoms with Crippen LogP contribution in [0.15, 0.2) is 12.1 Å². The second-order valence-electron chi connectivity index (χ2n) is 3.01. The summed E-state index contributed by atoms with van der Waals surface area (Å²) in [6.07, 6.45) is 0.289. The highest BCUT2D eigenvalue weighted by Crippen LogP contribution is 2.32. The minimum absolute atomic E-state index is 0.0162. The normalized spacial score (nSPS) is 9.62. The highest BCUT2D eigenvalue weighted by atomic mass is 16.6. The van der Waals surface area contributed by atoms with Crippen LogP contribution in [0.1, 0.15) is 27.6 Å². The molecule has 1 aromatic carbocycles. The van der Waals surface area contributed by atoms with Crippen molar-refractivity contribution in [2.45, 2.75) is 6.92 Å². The van der Waals surface area contributed by atoms with Gasteiger partial charge in [0.05, 0.1) is 12.0 Å². The number of nitrogens with zero attached hydrogens (tertiary/aromatic N) is 1. The number of rotatable bonds is 4. The summed E-state index contributed by atoms with van der Waals surface area (Å²) in [5.74, 6) is -0.454. The van der Waals surface area contributed by atoms with E-state index < -0.39 is 16.4 Å². The first kappa shape index (κ1) is 11.8. The van der Waals surface area contributed by atoms with Crippen molar-refractivity contribution in [3.05, 3.63) is 33.4 Å². The van der Waals surface area contributed by atoms with Crippen LogP contribution in [0.3, 0.4) is 0 Å². The fourth-order valence-corrected chi connectivity index (χ4v) is 1.37. The van der Waals surface area contributed by atoms with Gasteiger partial charge >= 0.3 is 5.69 Å². The SMILES string of the molecule is COc1ccc(C(C)=O)c(C=O)c1[N+](=O)[O-]. The number of aldehydes is 1. The third kappa shape index (κ3) is 1.90. The summed E-state index contributed by atoms with van der Waals surface area (Å²) >= 11 is 0. The van der Waals surface area contributed by atoms with E-state index >= 15 is 0 Å². The van der Waals surface area contributed by atoms with Gasteiger partial charge in [-0.15, -0.1) is 0 Å². The molecule has 0 saturated carbocycles. The van der Waals surface area contributed by atoms with E-state index in [9.17, 15) is 19.7 Å². The van der Waals surface area contributed by atoms with Gasteiger partial charge in [-0.25, -0.2) is 0 Å². The molecule has 6 nitrogen and oxygen atoms in total. The summed E-state index contributed by atoms with van der Waals surface area (Å²) in [6.45, 7) is 1.23. The first-order valence-electron chi connectivity index (χ1n) is 4.34. The van der Waals surface area contributed by atoms with Gasteiger partial charge in [0.25, 0.3) is 0 Å². The molecule has 1 aromatic rings. The zero-order valence-corrected chi connectivity index (χ0v) is 8.72. The topological polar surface area (TPSA) is 86.5 Å². The molecule has 0 fully saturated rings. The van der Waals surface area contributed by atoms with Crippen molar-refractivity contribution >= 4 is 17.8 Å². The maximum atomic E-state index is 11.2. The van der Waals surface area contributed by atoms with Crippen molar-refractivity contribution in [3.63, 3.8) is 0 Å². The van der Waals surface area contributed by atoms with Crippen LogP contribution in [-0.2, 0) is 0 Å². The van der Waals surface area contributed by atoms with E-state index in [-0.39, 0.29) is 23.2 Å². The number of carbonyl (C=O) groups is 2. The molecule has 0 unspecified atom stereocenters. The number of Topliss-reactive ketones (excluding diaryl/α,β-unsaturated/α-hetero) is 1. The molecule has 0 aliphatic rings. The van der Waals surface area contributed by atoms with Gasteiger partial charge in [0.1, 0.15) is 5.56 Å². The van der Waals surface area contributed by atoms with Crippen LogP contribution in [-0.4, -0.2) is 24.1 Å². The first-order valence-corrected chi connectivity index (χ1v) is 4.34. The van der Waals surface area contributed by atoms with Crippen molar-refractivity contribution in [1.29, 1.82) is 0 Å². The van der Waals surface area contributed by atoms with Gasteiger partial charge in [-0.05, 0) is 19.1 Å². The highest BCUT2D eigenvalue weighted by molar-refractivity contribution is 6.04. The summed E-state index contributed by atoms with van der Waals surface area (Å²) in [5, 5.41) is 10.8. The zero-order valence-electron chi connectivity index (χ0n) is 8.72. The van der Waals surface area contributed by atoms with E-state index in [0.29, 0.717) is 0 Å². The van der Waals surface area contributed by atoms with E-state index in [2.05, 4.69) is 0 Å². The molecule has 6 heteroatoms. The van der Waals surface area contributed by atoms with Crippen LogP contribution in [0.5, 0.6) is 5.75 Å². The van der Waals surface area contributed by atoms with Crippen LogP contribution >= 0.6 is 0 Å². The maximum Gasteiger partial charge on any atom is 0.322 e. The van der Waals surface area contributed by atoms with E-state index in [1.54, 1.807) is 0 Å². The summed E-state index contributed by atoms with van der Waals surface area (Å²) in [4.78, 5) is 32.0. The second kappa shape index (κ2) is 4.52. The molecule has 16 heavy (non-hydrogen) atoms. The predicted octanol–water partition coefficient (Wildman–Crippen LogP) is 1.62. The summed E-state index contributed by atoms with van der Waals surface area (Å²) in [5.41, 5.74) is -0.718. The Hall–Kier alpha value is -2.24. The molecular formula is C10H9NO5. The minimum Gasteiger partial charge on any atom is -0.490 e. The lowest BCUT2D eigenvalue weighted by atomic mass is 10.0. The van der Waals surface area contributed by atoms with E-state index in [0.717, 1.165) is 0 Å². The van der Waals surface area contributed by atoms with Gasteiger partial charge < -0.3 is 4.74 Å². The molecule has 0 radical (unpaired) electrons. The van der Waals surface area contributed by atoms with E-state index in [1.807, 2.05) is 0 Å². The Labute approximate surface area is 91.0 Å². The Balaban J connectivity index is 3.62. The lowest BCUT2D eigenvalue weighted by Crippen LogP contribution is -2.05. The van der Waals surface area contributed by atoms with Crippen LogP contribution in [0, 0.1) is 10.1 Å². The number of ketones is 1. The number of ether oxygens (including phenoxy) is 1. The third-order valence-electron chi connectivity index (χ3n) is 2.08. The lowest BCUT2D eigenvalue weighted by molar-refractivity contribution is -0.386. The lowest BCUT2D eigenvalue weighted by Gasteiger charge is -2.06. The Kier molecular flexibility index (Phi) is 3.34. The number of carbonyl (C=O) groups excluding carboxylic acids is 2. The molecule has 0 aliphatic carbocycles. The standard InChI is InChI=1S/C10H9NO5/c1-6(13)7-3-4-9(16-2)10(11(14)15)8(7)5-12/h3-5H,1-2H3. The Morgan fingerprint density at radius 2 is 2.12 bits per heavy atom. The Morgan fingerprint density at radius 1 is 1.50 bits per heavy atom. The van der Waals surface area contributed by atoms with Gasteiger partial charge in [0.15, 0.2) is 17.8 Å². The number of nitro groups is 1. The molecule has 0 atom stereocenters. The number of benzene rings is 1. The van der Waals surface area contributed by atoms with Crippen molar-refractivity contribution in [1.82, 2.24) is 0 Å². The molecular weight excluding hydrogens is 214 g/mol. The number of hydrogen-bond acceptors (Lipinski definition) is 5. The molecule has 0 aromatic heterocycles. The van der Waals surface area contributed by atoms with Crippen LogP contribution in [0.2, 0.25) is 0 Å². The van der Waals surface area contributed by atoms with Crippen LogP contribution in [0.4, 0.5) is 5.69 Å². The fraction of sp³-hybridized carbons (Fsp3) is 0.200. The largest absolute Gasteiger partial charge is 0.490 e. The average molecular weight is 223 g/mol. The van der Waals surface area contributed by atoms with Gasteiger partial charge in [-0.2, -0.15) is 0 Å². The van der Waals surface area contributed by atoms with Crippen molar-refractivity contribution < 1.29 is 19.2 Å². The quantitative estimate of drug-likeness (QED) is 0.335. The summed E-state index contributed by atoms with van der Waals surface area (Å²) in [7, 11) is 1.25. The molecule has 0 aliphatic heterocycles. The van der Waals surface area contributed by atoms with Crippen molar-refractivity contribution in [2.75, 3.05) is 7.11 Å². The third-order valence-corrected chi connectivity index (χ3v) is 2.08. The smallest absolute Gasteiger partial charge is 0.322 e. The molecule has 0 saturated heterocycles. The summed E-state index contributed by atoms with van der Waals surface area (Å²) < 4.78 is 4.77. The highest BCUT2D eigenvalue weighted by Gasteiger charge is 2.25. The van der Waals surface area contributed by atoms with Gasteiger partial charge in [0.2, 0.25) is 0 Å². The zero-order chi connectivity index (χ0) is 12.3. The molecule has 0 bridgehead atoms. The monoisotopic (exact) mass is 223 g/mol. The van der Waals surface area contributed by atoms with Crippen molar-refractivity contribution in [3.8, 4) is 5.75 Å². The van der Waals surface area contributed by atoms with Gasteiger partial charge in [0, 0.05) is 5.56 Å². The van der Waals surface area contributed by atoms with Crippen LogP contribution in [0.25, 0.3) is 0 Å². The second-order valence-corrected chi connectivity index (χ2v) is 3.01. The number of hydrogen-bond donors (Lipinski definition) is 0. The number of methoxy groups -OCH3 is 1. The fourth-order valence-electron chi connectivity index (χ4n) is 1.37. The van der Waals surface area contributed by atoms with Crippen LogP contribution < -0.4 is 4.74 Å². The first-order chi connectivity index (χ1) is 7.52. The van der Waals surface area contributed by atoms with E-state index in [4.69, 9.17) is 4.74 Å². The molecule has 0 heterocycles. The summed E-state index contributed by atoms with van der Waals surface area (Å²) in [6, 6.07) is 2.62. The molecule has 0 spiro atoms. The maximum absolute atomic E-state index is 11.2. The Bertz CT molecular complexity index is 467. The average Bonchev–Trinajstić information content (AvgIpc) is 2.26. The minimum atomic E-state index is -0.741. The Morgan fingerprint density at radius 3 is 2.50 bits per heavy atom. The number of nitro benzene ring substituents is 1. The van der Waals surface area contributed by atoms with Gasteiger partial charge in [-0.1, -0.05) is 0 Å². The molecule has 84 valence electrons. The van der Waals surface area contributed by atoms with Crippen molar-refractivity contribution in [2.24, 2.45) is 0 Å². The molecule has 0 amide bonds. The van der Waals surface area contributed by atoms with E-state index in [1.165, 1.54) is 26.2 Å². The predicted molar refractivity (Wildman–Crippen MR) is 55.0 cm³/mol.